The molecule has 0 saturated heterocycles. The van der Waals surface area contributed by atoms with Gasteiger partial charge in [-0.2, -0.15) is 0 Å². The highest BCUT2D eigenvalue weighted by atomic mass is 16.5. The van der Waals surface area contributed by atoms with E-state index in [2.05, 4.69) is 17.4 Å². The third-order valence-electron chi connectivity index (χ3n) is 2.85. The van der Waals surface area contributed by atoms with E-state index in [9.17, 15) is 0 Å². The van der Waals surface area contributed by atoms with Crippen LogP contribution in [-0.4, -0.2) is 26.9 Å². The highest BCUT2D eigenvalue weighted by Crippen LogP contribution is 2.28. The van der Waals surface area contributed by atoms with Crippen molar-refractivity contribution in [2.75, 3.05) is 26.9 Å². The maximum absolute atomic E-state index is 5.60. The maximum Gasteiger partial charge on any atom is 0.119 e. The van der Waals surface area contributed by atoms with Gasteiger partial charge in [-0.25, -0.2) is 0 Å². The van der Waals surface area contributed by atoms with Crippen molar-refractivity contribution < 1.29 is 9.47 Å². The molecule has 0 unspecified atom stereocenters. The summed E-state index contributed by atoms with van der Waals surface area (Å²) >= 11 is 0. The van der Waals surface area contributed by atoms with Crippen LogP contribution in [0.2, 0.25) is 0 Å². The predicted molar refractivity (Wildman–Crippen MR) is 68.2 cm³/mol. The molecule has 1 aliphatic rings. The Morgan fingerprint density at radius 1 is 1.18 bits per heavy atom. The van der Waals surface area contributed by atoms with Gasteiger partial charge in [0.05, 0.1) is 6.61 Å². The summed E-state index contributed by atoms with van der Waals surface area (Å²) in [5.74, 6) is 1.75. The first kappa shape index (κ1) is 12.4. The van der Waals surface area contributed by atoms with Crippen molar-refractivity contribution in [2.45, 2.75) is 19.4 Å². The quantitative estimate of drug-likeness (QED) is 0.701. The first-order valence-corrected chi connectivity index (χ1v) is 6.32. The molecule has 0 atom stereocenters. The number of hydrogen-bond acceptors (Lipinski definition) is 3. The van der Waals surface area contributed by atoms with E-state index in [1.165, 1.54) is 18.4 Å². The maximum atomic E-state index is 5.60. The van der Waals surface area contributed by atoms with E-state index in [4.69, 9.17) is 9.47 Å². The highest BCUT2D eigenvalue weighted by molar-refractivity contribution is 5.27. The smallest absolute Gasteiger partial charge is 0.119 e. The van der Waals surface area contributed by atoms with E-state index in [0.717, 1.165) is 24.8 Å². The number of nitrogens with one attached hydrogen (secondary N) is 1. The van der Waals surface area contributed by atoms with Crippen LogP contribution in [0.1, 0.15) is 18.4 Å². The molecule has 1 aromatic carbocycles. The zero-order valence-electron chi connectivity index (χ0n) is 10.4. The minimum absolute atomic E-state index is 0.637. The van der Waals surface area contributed by atoms with Gasteiger partial charge in [0.15, 0.2) is 0 Å². The Morgan fingerprint density at radius 3 is 2.59 bits per heavy atom. The van der Waals surface area contributed by atoms with Crippen LogP contribution in [0.4, 0.5) is 0 Å². The third kappa shape index (κ3) is 4.75. The first-order chi connectivity index (χ1) is 8.38. The average Bonchev–Trinajstić information content (AvgIpc) is 3.15. The molecule has 0 spiro atoms. The monoisotopic (exact) mass is 235 g/mol. The van der Waals surface area contributed by atoms with Gasteiger partial charge in [0.1, 0.15) is 12.4 Å². The molecule has 1 aromatic rings. The van der Waals surface area contributed by atoms with Crippen LogP contribution in [0.3, 0.4) is 0 Å². The second-order valence-electron chi connectivity index (χ2n) is 4.54. The summed E-state index contributed by atoms with van der Waals surface area (Å²) in [7, 11) is 1.95. The molecular weight excluding hydrogens is 214 g/mol. The molecule has 1 N–H and O–H groups in total. The molecular formula is C14H21NO2. The van der Waals surface area contributed by atoms with Gasteiger partial charge in [0.2, 0.25) is 0 Å². The van der Waals surface area contributed by atoms with E-state index in [-0.39, 0.29) is 0 Å². The van der Waals surface area contributed by atoms with Crippen LogP contribution < -0.4 is 10.1 Å². The molecule has 1 aliphatic carbocycles. The summed E-state index contributed by atoms with van der Waals surface area (Å²) in [6.07, 6.45) is 2.68. The highest BCUT2D eigenvalue weighted by Gasteiger charge is 2.20. The van der Waals surface area contributed by atoms with E-state index < -0.39 is 0 Å². The molecule has 1 saturated carbocycles. The summed E-state index contributed by atoms with van der Waals surface area (Å²) in [4.78, 5) is 0. The van der Waals surface area contributed by atoms with E-state index >= 15 is 0 Å². The van der Waals surface area contributed by atoms with Gasteiger partial charge in [0, 0.05) is 13.2 Å². The zero-order valence-corrected chi connectivity index (χ0v) is 10.4. The van der Waals surface area contributed by atoms with Crippen molar-refractivity contribution in [3.05, 3.63) is 29.8 Å². The second-order valence-corrected chi connectivity index (χ2v) is 4.54. The molecule has 0 amide bonds. The van der Waals surface area contributed by atoms with Gasteiger partial charge in [0.25, 0.3) is 0 Å². The van der Waals surface area contributed by atoms with Gasteiger partial charge in [-0.15, -0.1) is 0 Å². The Morgan fingerprint density at radius 2 is 1.94 bits per heavy atom. The lowest BCUT2D eigenvalue weighted by Crippen LogP contribution is -2.08. The summed E-state index contributed by atoms with van der Waals surface area (Å²) in [6.45, 7) is 3.13. The van der Waals surface area contributed by atoms with Gasteiger partial charge in [-0.3, -0.25) is 0 Å². The van der Waals surface area contributed by atoms with Crippen molar-refractivity contribution in [2.24, 2.45) is 5.92 Å². The lowest BCUT2D eigenvalue weighted by Gasteiger charge is -2.07. The van der Waals surface area contributed by atoms with Crippen LogP contribution in [0.25, 0.3) is 0 Å². The normalized spacial score (nSPS) is 14.9. The fraction of sp³-hybridized carbons (Fsp3) is 0.571. The summed E-state index contributed by atoms with van der Waals surface area (Å²) < 4.78 is 11.1. The van der Waals surface area contributed by atoms with Gasteiger partial charge in [-0.05, 0) is 43.5 Å². The Balaban J connectivity index is 1.60. The van der Waals surface area contributed by atoms with Gasteiger partial charge in [-0.1, -0.05) is 12.1 Å². The Hall–Kier alpha value is -1.06. The molecule has 2 rings (SSSR count). The molecule has 17 heavy (non-hydrogen) atoms. The average molecular weight is 235 g/mol. The molecule has 0 aliphatic heterocycles. The number of rotatable bonds is 8. The van der Waals surface area contributed by atoms with Crippen LogP contribution in [-0.2, 0) is 11.3 Å². The van der Waals surface area contributed by atoms with Crippen LogP contribution in [0, 0.1) is 5.92 Å². The molecule has 0 aromatic heterocycles. The van der Waals surface area contributed by atoms with E-state index in [1.54, 1.807) is 0 Å². The van der Waals surface area contributed by atoms with Crippen molar-refractivity contribution in [3.63, 3.8) is 0 Å². The largest absolute Gasteiger partial charge is 0.491 e. The number of benzene rings is 1. The first-order valence-electron chi connectivity index (χ1n) is 6.32. The summed E-state index contributed by atoms with van der Waals surface area (Å²) in [6, 6.07) is 8.18. The van der Waals surface area contributed by atoms with Crippen LogP contribution >= 0.6 is 0 Å². The van der Waals surface area contributed by atoms with E-state index in [1.807, 2.05) is 19.2 Å². The number of hydrogen-bond donors (Lipinski definition) is 1. The van der Waals surface area contributed by atoms with Crippen LogP contribution in [0.5, 0.6) is 5.75 Å². The molecule has 0 bridgehead atoms. The fourth-order valence-electron chi connectivity index (χ4n) is 1.66. The van der Waals surface area contributed by atoms with Crippen molar-refractivity contribution in [1.82, 2.24) is 5.32 Å². The second kappa shape index (κ2) is 6.62. The minimum Gasteiger partial charge on any atom is -0.491 e. The molecule has 94 valence electrons. The third-order valence-corrected chi connectivity index (χ3v) is 2.85. The molecule has 0 radical (unpaired) electrons. The molecule has 1 fully saturated rings. The minimum atomic E-state index is 0.637. The van der Waals surface area contributed by atoms with E-state index in [0.29, 0.717) is 13.2 Å². The Bertz CT molecular complexity index is 319. The molecule has 3 nitrogen and oxygen atoms in total. The standard InChI is InChI=1S/C14H21NO2/c1-15-10-12-4-6-14(7-5-12)17-9-8-16-11-13-2-3-13/h4-7,13,15H,2-3,8-11H2,1H3. The zero-order chi connectivity index (χ0) is 11.9. The Labute approximate surface area is 103 Å². The predicted octanol–water partition coefficient (Wildman–Crippen LogP) is 2.21. The number of ether oxygens (including phenoxy) is 2. The Kier molecular flexibility index (Phi) is 4.83. The van der Waals surface area contributed by atoms with Gasteiger partial charge >= 0.3 is 0 Å². The summed E-state index contributed by atoms with van der Waals surface area (Å²) in [5.41, 5.74) is 1.27. The van der Waals surface area contributed by atoms with Crippen LogP contribution in [0.15, 0.2) is 24.3 Å². The SMILES string of the molecule is CNCc1ccc(OCCOCC2CC2)cc1. The lowest BCUT2D eigenvalue weighted by atomic mass is 10.2. The van der Waals surface area contributed by atoms with Crippen molar-refractivity contribution >= 4 is 0 Å². The topological polar surface area (TPSA) is 30.5 Å². The molecule has 3 heteroatoms. The van der Waals surface area contributed by atoms with Crippen molar-refractivity contribution in [1.29, 1.82) is 0 Å². The fourth-order valence-corrected chi connectivity index (χ4v) is 1.66. The van der Waals surface area contributed by atoms with Crippen molar-refractivity contribution in [3.8, 4) is 5.75 Å². The lowest BCUT2D eigenvalue weighted by molar-refractivity contribution is 0.0927. The van der Waals surface area contributed by atoms with Gasteiger partial charge < -0.3 is 14.8 Å². The summed E-state index contributed by atoms with van der Waals surface area (Å²) in [5, 5.41) is 3.12. The molecule has 0 heterocycles.